The highest BCUT2D eigenvalue weighted by molar-refractivity contribution is 6.15. The molecule has 3 heterocycles. The average molecular weight is 388 g/mol. The lowest BCUT2D eigenvalue weighted by molar-refractivity contribution is -0.147. The standard InChI is InChI=1S/C19H21FN4O4/c1-18(2,3)24-15(26)13-11(7-12(21)25)23-19(14(13)16(24)27)9-6-8(20)4-5-10(9)22-17(19)28/h4-6,11,13-14,23H,7H2,1-3H3,(H2,21,25)(H,22,28)/t11-,13+,14-,19+/m0/s1. The van der Waals surface area contributed by atoms with E-state index in [9.17, 15) is 23.6 Å². The number of hydrogen-bond acceptors (Lipinski definition) is 5. The molecule has 8 nitrogen and oxygen atoms in total. The third kappa shape index (κ3) is 2.25. The summed E-state index contributed by atoms with van der Waals surface area (Å²) in [7, 11) is 0. The second kappa shape index (κ2) is 5.60. The molecule has 2 saturated heterocycles. The minimum absolute atomic E-state index is 0.224. The number of hydrogen-bond donors (Lipinski definition) is 3. The largest absolute Gasteiger partial charge is 0.370 e. The van der Waals surface area contributed by atoms with Gasteiger partial charge in [0.2, 0.25) is 23.6 Å². The summed E-state index contributed by atoms with van der Waals surface area (Å²) in [5.74, 6) is -4.81. The Balaban J connectivity index is 1.92. The van der Waals surface area contributed by atoms with E-state index in [1.807, 2.05) is 0 Å². The van der Waals surface area contributed by atoms with E-state index in [0.717, 1.165) is 4.90 Å². The van der Waals surface area contributed by atoms with Gasteiger partial charge >= 0.3 is 0 Å². The number of carbonyl (C=O) groups is 4. The maximum absolute atomic E-state index is 14.0. The van der Waals surface area contributed by atoms with Crippen LogP contribution in [0.5, 0.6) is 0 Å². The molecule has 3 aliphatic rings. The number of amides is 4. The Morgan fingerprint density at radius 1 is 1.25 bits per heavy atom. The van der Waals surface area contributed by atoms with Crippen molar-refractivity contribution in [3.8, 4) is 0 Å². The zero-order valence-electron chi connectivity index (χ0n) is 15.7. The van der Waals surface area contributed by atoms with E-state index < -0.39 is 58.4 Å². The Bertz CT molecular complexity index is 940. The molecule has 4 amide bonds. The third-order valence-electron chi connectivity index (χ3n) is 5.77. The lowest BCUT2D eigenvalue weighted by Gasteiger charge is -2.34. The first-order valence-electron chi connectivity index (χ1n) is 9.04. The molecule has 4 atom stereocenters. The molecule has 0 unspecified atom stereocenters. The number of likely N-dealkylation sites (tertiary alicyclic amines) is 1. The van der Waals surface area contributed by atoms with Crippen LogP contribution in [0.4, 0.5) is 10.1 Å². The Labute approximate surface area is 160 Å². The van der Waals surface area contributed by atoms with Gasteiger partial charge in [-0.2, -0.15) is 0 Å². The van der Waals surface area contributed by atoms with Crippen LogP contribution in [-0.2, 0) is 24.7 Å². The molecule has 1 aromatic rings. The number of imide groups is 1. The summed E-state index contributed by atoms with van der Waals surface area (Å²) in [6.07, 6.45) is -0.224. The number of nitrogens with one attached hydrogen (secondary N) is 2. The van der Waals surface area contributed by atoms with Crippen LogP contribution in [0, 0.1) is 17.7 Å². The van der Waals surface area contributed by atoms with Crippen LogP contribution >= 0.6 is 0 Å². The van der Waals surface area contributed by atoms with Crippen LogP contribution in [-0.4, -0.2) is 40.1 Å². The second-order valence-electron chi connectivity index (χ2n) is 8.56. The SMILES string of the molecule is CC(C)(C)N1C(=O)[C@@H]2[C@H](CC(N)=O)N[C@@]3(C(=O)Nc4ccc(F)cc43)[C@@H]2C1=O. The van der Waals surface area contributed by atoms with Crippen molar-refractivity contribution in [3.05, 3.63) is 29.6 Å². The van der Waals surface area contributed by atoms with Crippen molar-refractivity contribution in [2.75, 3.05) is 5.32 Å². The summed E-state index contributed by atoms with van der Waals surface area (Å²) in [4.78, 5) is 52.3. The first-order chi connectivity index (χ1) is 13.0. The van der Waals surface area contributed by atoms with E-state index in [4.69, 9.17) is 5.73 Å². The van der Waals surface area contributed by atoms with Crippen molar-refractivity contribution in [2.24, 2.45) is 17.6 Å². The quantitative estimate of drug-likeness (QED) is 0.626. The average Bonchev–Trinajstić information content (AvgIpc) is 3.12. The second-order valence-corrected chi connectivity index (χ2v) is 8.56. The fourth-order valence-corrected chi connectivity index (χ4v) is 4.83. The van der Waals surface area contributed by atoms with Gasteiger partial charge in [-0.1, -0.05) is 0 Å². The summed E-state index contributed by atoms with van der Waals surface area (Å²) in [5.41, 5.74) is 3.54. The van der Waals surface area contributed by atoms with Gasteiger partial charge in [0.1, 0.15) is 11.4 Å². The predicted octanol–water partition coefficient (Wildman–Crippen LogP) is 0.220. The van der Waals surface area contributed by atoms with Crippen LogP contribution in [0.1, 0.15) is 32.8 Å². The van der Waals surface area contributed by atoms with Crippen molar-refractivity contribution in [1.82, 2.24) is 10.2 Å². The normalized spacial score (nSPS) is 31.4. The molecular weight excluding hydrogens is 367 g/mol. The van der Waals surface area contributed by atoms with Gasteiger partial charge in [-0.15, -0.1) is 0 Å². The number of fused-ring (bicyclic) bond motifs is 4. The van der Waals surface area contributed by atoms with E-state index in [-0.39, 0.29) is 12.0 Å². The first-order valence-corrected chi connectivity index (χ1v) is 9.04. The zero-order chi connectivity index (χ0) is 20.6. The smallest absolute Gasteiger partial charge is 0.250 e. The van der Waals surface area contributed by atoms with E-state index in [2.05, 4.69) is 10.6 Å². The van der Waals surface area contributed by atoms with Gasteiger partial charge in [0.15, 0.2) is 0 Å². The lowest BCUT2D eigenvalue weighted by atomic mass is 9.76. The number of primary amides is 1. The fraction of sp³-hybridized carbons (Fsp3) is 0.474. The Hall–Kier alpha value is -2.81. The Morgan fingerprint density at radius 2 is 1.93 bits per heavy atom. The van der Waals surface area contributed by atoms with Gasteiger partial charge in [0.25, 0.3) is 0 Å². The van der Waals surface area contributed by atoms with Crippen molar-refractivity contribution in [2.45, 2.75) is 44.3 Å². The van der Waals surface area contributed by atoms with Crippen molar-refractivity contribution < 1.29 is 23.6 Å². The Morgan fingerprint density at radius 3 is 2.54 bits per heavy atom. The molecule has 0 aliphatic carbocycles. The first kappa shape index (κ1) is 18.5. The van der Waals surface area contributed by atoms with Crippen LogP contribution in [0.2, 0.25) is 0 Å². The van der Waals surface area contributed by atoms with Crippen LogP contribution in [0.15, 0.2) is 18.2 Å². The third-order valence-corrected chi connectivity index (χ3v) is 5.77. The summed E-state index contributed by atoms with van der Waals surface area (Å²) in [6, 6.07) is 2.99. The molecule has 148 valence electrons. The number of benzene rings is 1. The van der Waals surface area contributed by atoms with Gasteiger partial charge in [-0.25, -0.2) is 4.39 Å². The van der Waals surface area contributed by atoms with Gasteiger partial charge < -0.3 is 11.1 Å². The van der Waals surface area contributed by atoms with E-state index in [1.165, 1.54) is 18.2 Å². The molecule has 1 aromatic carbocycles. The number of nitrogens with zero attached hydrogens (tertiary/aromatic N) is 1. The molecule has 4 N–H and O–H groups in total. The van der Waals surface area contributed by atoms with Gasteiger partial charge in [-0.05, 0) is 39.0 Å². The lowest BCUT2D eigenvalue weighted by Crippen LogP contribution is -2.56. The highest BCUT2D eigenvalue weighted by Crippen LogP contribution is 2.54. The number of rotatable bonds is 2. The van der Waals surface area contributed by atoms with Crippen molar-refractivity contribution >= 4 is 29.3 Å². The van der Waals surface area contributed by atoms with Gasteiger partial charge in [0, 0.05) is 29.3 Å². The van der Waals surface area contributed by atoms with E-state index in [0.29, 0.717) is 5.69 Å². The minimum Gasteiger partial charge on any atom is -0.370 e. The number of anilines is 1. The van der Waals surface area contributed by atoms with E-state index >= 15 is 0 Å². The highest BCUT2D eigenvalue weighted by Gasteiger charge is 2.71. The summed E-state index contributed by atoms with van der Waals surface area (Å²) >= 11 is 0. The van der Waals surface area contributed by atoms with Crippen molar-refractivity contribution in [1.29, 1.82) is 0 Å². The highest BCUT2D eigenvalue weighted by atomic mass is 19.1. The van der Waals surface area contributed by atoms with E-state index in [1.54, 1.807) is 20.8 Å². The summed E-state index contributed by atoms with van der Waals surface area (Å²) < 4.78 is 14.0. The summed E-state index contributed by atoms with van der Waals surface area (Å²) in [5, 5.41) is 5.68. The van der Waals surface area contributed by atoms with Crippen molar-refractivity contribution in [3.63, 3.8) is 0 Å². The molecule has 3 aliphatic heterocycles. The number of carbonyl (C=O) groups excluding carboxylic acids is 4. The molecule has 2 fully saturated rings. The molecule has 4 rings (SSSR count). The molecular formula is C19H21FN4O4. The van der Waals surface area contributed by atoms with Crippen LogP contribution in [0.3, 0.4) is 0 Å². The fourth-order valence-electron chi connectivity index (χ4n) is 4.83. The molecule has 0 saturated carbocycles. The van der Waals surface area contributed by atoms with Crippen LogP contribution in [0.25, 0.3) is 0 Å². The molecule has 9 heteroatoms. The van der Waals surface area contributed by atoms with Gasteiger partial charge in [-0.3, -0.25) is 29.4 Å². The predicted molar refractivity (Wildman–Crippen MR) is 96.0 cm³/mol. The number of nitrogens with two attached hydrogens (primary N) is 1. The van der Waals surface area contributed by atoms with Gasteiger partial charge in [0.05, 0.1) is 11.8 Å². The zero-order valence-corrected chi connectivity index (χ0v) is 15.7. The maximum atomic E-state index is 14.0. The minimum atomic E-state index is -1.63. The Kier molecular flexibility index (Phi) is 3.71. The summed E-state index contributed by atoms with van der Waals surface area (Å²) in [6.45, 7) is 5.15. The maximum Gasteiger partial charge on any atom is 0.250 e. The molecule has 0 aromatic heterocycles. The molecule has 28 heavy (non-hydrogen) atoms. The monoisotopic (exact) mass is 388 g/mol. The number of halogens is 1. The molecule has 1 spiro atoms. The molecule has 0 bridgehead atoms. The molecule has 0 radical (unpaired) electrons. The van der Waals surface area contributed by atoms with Crippen LogP contribution < -0.4 is 16.4 Å². The topological polar surface area (TPSA) is 122 Å².